The van der Waals surface area contributed by atoms with Gasteiger partial charge in [0.15, 0.2) is 11.5 Å². The van der Waals surface area contributed by atoms with Crippen LogP contribution in [-0.2, 0) is 4.79 Å². The Hall–Kier alpha value is -3.50. The van der Waals surface area contributed by atoms with Crippen LogP contribution >= 0.6 is 27.3 Å². The van der Waals surface area contributed by atoms with Gasteiger partial charge >= 0.3 is 5.97 Å². The number of rotatable bonds is 8. The van der Waals surface area contributed by atoms with Crippen molar-refractivity contribution in [1.29, 1.82) is 0 Å². The molecule has 3 aromatic rings. The van der Waals surface area contributed by atoms with Gasteiger partial charge in [-0.1, -0.05) is 22.0 Å². The summed E-state index contributed by atoms with van der Waals surface area (Å²) in [5.74, 6) is -0.721. The lowest BCUT2D eigenvalue weighted by atomic mass is 10.2. The zero-order chi connectivity index (χ0) is 22.9. The molecule has 0 saturated carbocycles. The summed E-state index contributed by atoms with van der Waals surface area (Å²) in [5, 5.41) is 8.17. The molecule has 1 aromatic heterocycles. The molecule has 2 amide bonds. The lowest BCUT2D eigenvalue weighted by Crippen LogP contribution is -2.34. The second-order valence-electron chi connectivity index (χ2n) is 6.26. The van der Waals surface area contributed by atoms with Crippen LogP contribution < -0.4 is 20.2 Å². The van der Waals surface area contributed by atoms with E-state index in [4.69, 9.17) is 9.47 Å². The number of hydrazone groups is 1. The van der Waals surface area contributed by atoms with Crippen molar-refractivity contribution in [2.75, 3.05) is 13.7 Å². The molecular weight excluding hydrogens is 498 g/mol. The fourth-order valence-corrected chi connectivity index (χ4v) is 3.34. The summed E-state index contributed by atoms with van der Waals surface area (Å²) in [5.41, 5.74) is 3.38. The van der Waals surface area contributed by atoms with Gasteiger partial charge in [0, 0.05) is 10.0 Å². The summed E-state index contributed by atoms with van der Waals surface area (Å²) in [6, 6.07) is 15.0. The Kier molecular flexibility index (Phi) is 8.12. The fourth-order valence-electron chi connectivity index (χ4n) is 2.48. The number of ether oxygens (including phenoxy) is 2. The molecule has 2 aromatic carbocycles. The Labute approximate surface area is 196 Å². The van der Waals surface area contributed by atoms with E-state index < -0.39 is 11.9 Å². The fraction of sp³-hybridized carbons (Fsp3) is 0.0909. The quantitative estimate of drug-likeness (QED) is 0.206. The van der Waals surface area contributed by atoms with Gasteiger partial charge < -0.3 is 14.8 Å². The van der Waals surface area contributed by atoms with Crippen LogP contribution in [0.2, 0.25) is 0 Å². The molecule has 0 spiro atoms. The van der Waals surface area contributed by atoms with Crippen LogP contribution in [0.15, 0.2) is 69.6 Å². The van der Waals surface area contributed by atoms with E-state index in [1.807, 2.05) is 0 Å². The zero-order valence-electron chi connectivity index (χ0n) is 16.8. The lowest BCUT2D eigenvalue weighted by molar-refractivity contribution is -0.120. The SMILES string of the molecule is COc1cc(/C=N/NC(=O)CNC(=O)c2ccc(Br)cc2)ccc1OC(=O)c1cccs1. The first-order valence-corrected chi connectivity index (χ1v) is 10.9. The number of thiophene rings is 1. The minimum atomic E-state index is -0.486. The maximum absolute atomic E-state index is 12.1. The topological polar surface area (TPSA) is 106 Å². The van der Waals surface area contributed by atoms with Gasteiger partial charge in [-0.2, -0.15) is 5.10 Å². The van der Waals surface area contributed by atoms with Gasteiger partial charge in [-0.3, -0.25) is 9.59 Å². The van der Waals surface area contributed by atoms with Crippen molar-refractivity contribution in [3.8, 4) is 11.5 Å². The number of amides is 2. The van der Waals surface area contributed by atoms with Gasteiger partial charge in [0.1, 0.15) is 4.88 Å². The summed E-state index contributed by atoms with van der Waals surface area (Å²) < 4.78 is 11.5. The number of esters is 1. The summed E-state index contributed by atoms with van der Waals surface area (Å²) in [6.07, 6.45) is 1.40. The molecule has 0 unspecified atom stereocenters. The van der Waals surface area contributed by atoms with Gasteiger partial charge in [0.2, 0.25) is 0 Å². The molecule has 164 valence electrons. The van der Waals surface area contributed by atoms with Crippen LogP contribution in [0.5, 0.6) is 11.5 Å². The number of benzene rings is 2. The third kappa shape index (κ3) is 6.50. The third-order valence-electron chi connectivity index (χ3n) is 4.03. The molecule has 0 fully saturated rings. The highest BCUT2D eigenvalue weighted by atomic mass is 79.9. The largest absolute Gasteiger partial charge is 0.493 e. The van der Waals surface area contributed by atoms with E-state index >= 15 is 0 Å². The standard InChI is InChI=1S/C22H18BrN3O5S/c1-30-18-11-14(4-9-17(18)31-22(29)19-3-2-10-32-19)12-25-26-20(27)13-24-21(28)15-5-7-16(23)8-6-15/h2-12H,13H2,1H3,(H,24,28)(H,26,27)/b25-12+. The van der Waals surface area contributed by atoms with Gasteiger partial charge in [-0.15, -0.1) is 11.3 Å². The van der Waals surface area contributed by atoms with Crippen molar-refractivity contribution in [2.24, 2.45) is 5.10 Å². The van der Waals surface area contributed by atoms with Gasteiger partial charge in [0.25, 0.3) is 11.8 Å². The van der Waals surface area contributed by atoms with E-state index in [9.17, 15) is 14.4 Å². The highest BCUT2D eigenvalue weighted by Crippen LogP contribution is 2.28. The number of hydrogen-bond donors (Lipinski definition) is 2. The molecule has 0 saturated heterocycles. The van der Waals surface area contributed by atoms with Crippen LogP contribution in [0.1, 0.15) is 25.6 Å². The number of hydrogen-bond acceptors (Lipinski definition) is 7. The third-order valence-corrected chi connectivity index (χ3v) is 5.41. The Morgan fingerprint density at radius 2 is 1.88 bits per heavy atom. The molecule has 8 nitrogen and oxygen atoms in total. The number of nitrogens with zero attached hydrogens (tertiary/aromatic N) is 1. The van der Waals surface area contributed by atoms with E-state index in [1.54, 1.807) is 60.0 Å². The Morgan fingerprint density at radius 3 is 2.56 bits per heavy atom. The summed E-state index contributed by atoms with van der Waals surface area (Å²) in [4.78, 5) is 36.5. The molecule has 32 heavy (non-hydrogen) atoms. The van der Waals surface area contributed by atoms with E-state index in [-0.39, 0.29) is 18.2 Å². The molecular formula is C22H18BrN3O5S. The van der Waals surface area contributed by atoms with Crippen LogP contribution in [0, 0.1) is 0 Å². The Balaban J connectivity index is 1.52. The molecule has 0 bridgehead atoms. The maximum atomic E-state index is 12.1. The minimum absolute atomic E-state index is 0.229. The second kappa shape index (κ2) is 11.2. The number of methoxy groups -OCH3 is 1. The maximum Gasteiger partial charge on any atom is 0.353 e. The van der Waals surface area contributed by atoms with E-state index in [0.717, 1.165) is 4.47 Å². The van der Waals surface area contributed by atoms with Gasteiger partial charge in [0.05, 0.1) is 19.9 Å². The summed E-state index contributed by atoms with van der Waals surface area (Å²) >= 11 is 4.58. The van der Waals surface area contributed by atoms with Crippen molar-refractivity contribution in [3.63, 3.8) is 0 Å². The highest BCUT2D eigenvalue weighted by molar-refractivity contribution is 9.10. The summed E-state index contributed by atoms with van der Waals surface area (Å²) in [7, 11) is 1.45. The van der Waals surface area contributed by atoms with Gasteiger partial charge in [-0.25, -0.2) is 10.2 Å². The first kappa shape index (κ1) is 23.2. The Bertz CT molecular complexity index is 1130. The van der Waals surface area contributed by atoms with Crippen molar-refractivity contribution in [1.82, 2.24) is 10.7 Å². The van der Waals surface area contributed by atoms with Crippen LogP contribution in [0.25, 0.3) is 0 Å². The molecule has 0 aliphatic carbocycles. The Morgan fingerprint density at radius 1 is 1.09 bits per heavy atom. The number of halogens is 1. The monoisotopic (exact) mass is 515 g/mol. The number of carbonyl (C=O) groups excluding carboxylic acids is 3. The number of carbonyl (C=O) groups is 3. The smallest absolute Gasteiger partial charge is 0.353 e. The molecule has 0 radical (unpaired) electrons. The van der Waals surface area contributed by atoms with E-state index in [0.29, 0.717) is 21.8 Å². The normalized spacial score (nSPS) is 10.6. The molecule has 10 heteroatoms. The van der Waals surface area contributed by atoms with Crippen molar-refractivity contribution in [3.05, 3.63) is 80.5 Å². The second-order valence-corrected chi connectivity index (χ2v) is 8.12. The first-order valence-electron chi connectivity index (χ1n) is 9.25. The lowest BCUT2D eigenvalue weighted by Gasteiger charge is -2.09. The molecule has 2 N–H and O–H groups in total. The average molecular weight is 516 g/mol. The van der Waals surface area contributed by atoms with Gasteiger partial charge in [-0.05, 0) is 59.5 Å². The zero-order valence-corrected chi connectivity index (χ0v) is 19.2. The minimum Gasteiger partial charge on any atom is -0.493 e. The molecule has 0 aliphatic rings. The average Bonchev–Trinajstić information content (AvgIpc) is 3.34. The number of nitrogens with one attached hydrogen (secondary N) is 2. The molecule has 0 atom stereocenters. The van der Waals surface area contributed by atoms with E-state index in [1.165, 1.54) is 24.7 Å². The molecule has 3 rings (SSSR count). The van der Waals surface area contributed by atoms with Crippen LogP contribution in [0.3, 0.4) is 0 Å². The van der Waals surface area contributed by atoms with Crippen LogP contribution in [0.4, 0.5) is 0 Å². The van der Waals surface area contributed by atoms with Crippen molar-refractivity contribution < 1.29 is 23.9 Å². The van der Waals surface area contributed by atoms with Crippen LogP contribution in [-0.4, -0.2) is 37.7 Å². The first-order chi connectivity index (χ1) is 15.5. The van der Waals surface area contributed by atoms with E-state index in [2.05, 4.69) is 31.8 Å². The highest BCUT2D eigenvalue weighted by Gasteiger charge is 2.13. The van der Waals surface area contributed by atoms with Crippen molar-refractivity contribution in [2.45, 2.75) is 0 Å². The predicted octanol–water partition coefficient (Wildman–Crippen LogP) is 3.62. The predicted molar refractivity (Wildman–Crippen MR) is 124 cm³/mol. The van der Waals surface area contributed by atoms with Crippen molar-refractivity contribution >= 4 is 51.3 Å². The molecule has 1 heterocycles. The summed E-state index contributed by atoms with van der Waals surface area (Å²) in [6.45, 7) is -0.229. The molecule has 0 aliphatic heterocycles.